The quantitative estimate of drug-likeness (QED) is 0.196. The number of aliphatic carboxylic acids is 1. The molecule has 9 heteroatoms. The maximum Gasteiger partial charge on any atom is 0.326 e. The van der Waals surface area contributed by atoms with E-state index in [0.29, 0.717) is 18.6 Å². The molecule has 192 valence electrons. The Morgan fingerprint density at radius 1 is 1.00 bits per heavy atom. The van der Waals surface area contributed by atoms with E-state index in [2.05, 4.69) is 10.3 Å². The SMILES string of the molecule is CCCCC(NC(=O)CCCSc1nc(-c2ccc(OC)cc2)c(-c2ccc(OC)cc2)[nH]1)C(=O)O. The minimum Gasteiger partial charge on any atom is -0.497 e. The van der Waals surface area contributed by atoms with Crippen LogP contribution in [-0.2, 0) is 9.59 Å². The Bertz CT molecular complexity index is 1060. The number of amides is 1. The third-order valence-electron chi connectivity index (χ3n) is 5.69. The number of nitrogens with one attached hydrogen (secondary N) is 2. The van der Waals surface area contributed by atoms with Crippen molar-refractivity contribution in [3.05, 3.63) is 48.5 Å². The number of H-pyrrole nitrogens is 1. The number of unbranched alkanes of at least 4 members (excludes halogenated alkanes) is 1. The lowest BCUT2D eigenvalue weighted by atomic mass is 10.0. The van der Waals surface area contributed by atoms with E-state index in [4.69, 9.17) is 14.5 Å². The molecule has 0 saturated carbocycles. The Kier molecular flexibility index (Phi) is 10.2. The first-order chi connectivity index (χ1) is 17.4. The molecule has 1 atom stereocenters. The normalized spacial score (nSPS) is 11.6. The minimum atomic E-state index is -0.987. The van der Waals surface area contributed by atoms with E-state index in [1.54, 1.807) is 14.2 Å². The summed E-state index contributed by atoms with van der Waals surface area (Å²) < 4.78 is 10.6. The van der Waals surface area contributed by atoms with Crippen molar-refractivity contribution < 1.29 is 24.2 Å². The molecule has 0 aliphatic heterocycles. The number of carbonyl (C=O) groups excluding carboxylic acids is 1. The second-order valence-corrected chi connectivity index (χ2v) is 9.36. The number of rotatable bonds is 14. The van der Waals surface area contributed by atoms with Crippen LogP contribution in [0.15, 0.2) is 53.7 Å². The molecule has 0 fully saturated rings. The van der Waals surface area contributed by atoms with Crippen LogP contribution in [0.25, 0.3) is 22.5 Å². The molecule has 3 aromatic rings. The molecular formula is C27H33N3O5S. The van der Waals surface area contributed by atoms with Crippen molar-refractivity contribution in [3.63, 3.8) is 0 Å². The second-order valence-electron chi connectivity index (χ2n) is 8.28. The van der Waals surface area contributed by atoms with Crippen LogP contribution in [0.1, 0.15) is 39.0 Å². The summed E-state index contributed by atoms with van der Waals surface area (Å²) in [6.45, 7) is 1.99. The summed E-state index contributed by atoms with van der Waals surface area (Å²) in [6.07, 6.45) is 2.96. The molecule has 0 saturated heterocycles. The smallest absolute Gasteiger partial charge is 0.326 e. The van der Waals surface area contributed by atoms with Gasteiger partial charge in [-0.1, -0.05) is 31.5 Å². The number of carboxylic acids is 1. The number of thioether (sulfide) groups is 1. The van der Waals surface area contributed by atoms with E-state index in [1.165, 1.54) is 11.8 Å². The van der Waals surface area contributed by atoms with Gasteiger partial charge >= 0.3 is 5.97 Å². The number of hydrogen-bond acceptors (Lipinski definition) is 6. The lowest BCUT2D eigenvalue weighted by molar-refractivity contribution is -0.142. The Morgan fingerprint density at radius 3 is 2.17 bits per heavy atom. The van der Waals surface area contributed by atoms with Gasteiger partial charge in [-0.3, -0.25) is 4.79 Å². The van der Waals surface area contributed by atoms with Gasteiger partial charge in [0.15, 0.2) is 5.16 Å². The zero-order chi connectivity index (χ0) is 25.9. The number of imidazole rings is 1. The van der Waals surface area contributed by atoms with Crippen molar-refractivity contribution >= 4 is 23.6 Å². The zero-order valence-electron chi connectivity index (χ0n) is 20.9. The fourth-order valence-electron chi connectivity index (χ4n) is 3.68. The summed E-state index contributed by atoms with van der Waals surface area (Å²) in [5.74, 6) is 0.984. The number of aromatic nitrogens is 2. The highest BCUT2D eigenvalue weighted by Gasteiger charge is 2.19. The number of aromatic amines is 1. The van der Waals surface area contributed by atoms with Crippen molar-refractivity contribution in [2.24, 2.45) is 0 Å². The fourth-order valence-corrected chi connectivity index (χ4v) is 4.49. The number of hydrogen-bond donors (Lipinski definition) is 3. The molecule has 1 aromatic heterocycles. The molecule has 0 radical (unpaired) electrons. The van der Waals surface area contributed by atoms with Crippen LogP contribution in [0, 0.1) is 0 Å². The van der Waals surface area contributed by atoms with Gasteiger partial charge in [0.05, 0.1) is 25.6 Å². The highest BCUT2D eigenvalue weighted by molar-refractivity contribution is 7.99. The van der Waals surface area contributed by atoms with Crippen molar-refractivity contribution in [1.29, 1.82) is 0 Å². The molecule has 36 heavy (non-hydrogen) atoms. The fraction of sp³-hybridized carbons (Fsp3) is 0.370. The molecule has 1 unspecified atom stereocenters. The van der Waals surface area contributed by atoms with Gasteiger partial charge in [0.1, 0.15) is 17.5 Å². The first kappa shape index (κ1) is 27.1. The average molecular weight is 512 g/mol. The number of carboxylic acid groups (broad SMARTS) is 1. The van der Waals surface area contributed by atoms with Gasteiger partial charge in [-0.2, -0.15) is 0 Å². The molecule has 3 N–H and O–H groups in total. The summed E-state index contributed by atoms with van der Waals surface area (Å²) >= 11 is 1.53. The van der Waals surface area contributed by atoms with E-state index in [1.807, 2.05) is 55.5 Å². The maximum absolute atomic E-state index is 12.2. The third kappa shape index (κ3) is 7.52. The number of carbonyl (C=O) groups is 2. The average Bonchev–Trinajstić information content (AvgIpc) is 3.33. The van der Waals surface area contributed by atoms with E-state index in [-0.39, 0.29) is 12.3 Å². The molecule has 3 rings (SSSR count). The largest absolute Gasteiger partial charge is 0.497 e. The van der Waals surface area contributed by atoms with Gasteiger partial charge < -0.3 is 24.9 Å². The predicted molar refractivity (Wildman–Crippen MR) is 142 cm³/mol. The van der Waals surface area contributed by atoms with Gasteiger partial charge in [0, 0.05) is 23.3 Å². The molecule has 1 amide bonds. The zero-order valence-corrected chi connectivity index (χ0v) is 21.7. The first-order valence-corrected chi connectivity index (χ1v) is 13.0. The lowest BCUT2D eigenvalue weighted by Gasteiger charge is -2.13. The monoisotopic (exact) mass is 511 g/mol. The van der Waals surface area contributed by atoms with Gasteiger partial charge in [-0.15, -0.1) is 0 Å². The van der Waals surface area contributed by atoms with E-state index in [0.717, 1.165) is 52.0 Å². The Morgan fingerprint density at radius 2 is 1.61 bits per heavy atom. The lowest BCUT2D eigenvalue weighted by Crippen LogP contribution is -2.40. The number of benzene rings is 2. The number of methoxy groups -OCH3 is 2. The van der Waals surface area contributed by atoms with Gasteiger partial charge in [-0.25, -0.2) is 9.78 Å². The molecule has 0 spiro atoms. The van der Waals surface area contributed by atoms with Gasteiger partial charge in [-0.05, 0) is 61.4 Å². The summed E-state index contributed by atoms with van der Waals surface area (Å²) in [6, 6.07) is 14.7. The van der Waals surface area contributed by atoms with Crippen LogP contribution in [0.4, 0.5) is 0 Å². The van der Waals surface area contributed by atoms with Crippen LogP contribution in [0.2, 0.25) is 0 Å². The Balaban J connectivity index is 1.67. The first-order valence-electron chi connectivity index (χ1n) is 12.0. The van der Waals surface area contributed by atoms with Gasteiger partial charge in [0.2, 0.25) is 5.91 Å². The summed E-state index contributed by atoms with van der Waals surface area (Å²) in [7, 11) is 3.27. The number of ether oxygens (including phenoxy) is 2. The van der Waals surface area contributed by atoms with Crippen LogP contribution in [0.5, 0.6) is 11.5 Å². The van der Waals surface area contributed by atoms with E-state index >= 15 is 0 Å². The molecule has 8 nitrogen and oxygen atoms in total. The maximum atomic E-state index is 12.2. The molecule has 0 aliphatic rings. The molecule has 0 aliphatic carbocycles. The second kappa shape index (κ2) is 13.6. The standard InChI is InChI=1S/C27H33N3O5S/c1-4-5-7-22(26(32)33)28-23(31)8-6-17-36-27-29-24(18-9-13-20(34-2)14-10-18)25(30-27)19-11-15-21(35-3)16-12-19/h9-16,22H,4-8,17H2,1-3H3,(H,28,31)(H,29,30)(H,32,33). The highest BCUT2D eigenvalue weighted by atomic mass is 32.2. The molecule has 1 heterocycles. The highest BCUT2D eigenvalue weighted by Crippen LogP contribution is 2.34. The number of nitrogens with zero attached hydrogens (tertiary/aromatic N) is 1. The predicted octanol–water partition coefficient (Wildman–Crippen LogP) is 5.39. The minimum absolute atomic E-state index is 0.239. The van der Waals surface area contributed by atoms with Crippen LogP contribution in [-0.4, -0.2) is 53.0 Å². The van der Waals surface area contributed by atoms with Crippen molar-refractivity contribution in [1.82, 2.24) is 15.3 Å². The van der Waals surface area contributed by atoms with Crippen molar-refractivity contribution in [2.75, 3.05) is 20.0 Å². The third-order valence-corrected chi connectivity index (χ3v) is 6.65. The van der Waals surface area contributed by atoms with Crippen molar-refractivity contribution in [2.45, 2.75) is 50.2 Å². The van der Waals surface area contributed by atoms with Gasteiger partial charge in [0.25, 0.3) is 0 Å². The Hall–Kier alpha value is -3.46. The summed E-state index contributed by atoms with van der Waals surface area (Å²) in [5.41, 5.74) is 3.65. The topological polar surface area (TPSA) is 114 Å². The molecule has 2 aromatic carbocycles. The van der Waals surface area contributed by atoms with Crippen molar-refractivity contribution in [3.8, 4) is 34.0 Å². The van der Waals surface area contributed by atoms with Crippen LogP contribution in [0.3, 0.4) is 0 Å². The van der Waals surface area contributed by atoms with Crippen LogP contribution >= 0.6 is 11.8 Å². The van der Waals surface area contributed by atoms with E-state index in [9.17, 15) is 14.7 Å². The summed E-state index contributed by atoms with van der Waals surface area (Å²) in [4.78, 5) is 31.8. The Labute approximate surface area is 215 Å². The molecular weight excluding hydrogens is 478 g/mol. The molecule has 0 bridgehead atoms. The van der Waals surface area contributed by atoms with E-state index < -0.39 is 12.0 Å². The van der Waals surface area contributed by atoms with Crippen LogP contribution < -0.4 is 14.8 Å². The summed E-state index contributed by atoms with van der Waals surface area (Å²) in [5, 5.41) is 12.7.